The van der Waals surface area contributed by atoms with E-state index in [9.17, 15) is 0 Å². The summed E-state index contributed by atoms with van der Waals surface area (Å²) in [6.45, 7) is 13.7. The van der Waals surface area contributed by atoms with Gasteiger partial charge >= 0.3 is 0 Å². The molecule has 1 aromatic rings. The van der Waals surface area contributed by atoms with E-state index in [1.165, 1.54) is 0 Å². The van der Waals surface area contributed by atoms with Gasteiger partial charge in [0.1, 0.15) is 0 Å². The first-order valence-corrected chi connectivity index (χ1v) is 7.72. The quantitative estimate of drug-likeness (QED) is 0.758. The zero-order chi connectivity index (χ0) is 14.3. The standard InChI is InChI=1S/C14H27ClN4/c1-5-16-13(9-10-18(6-2)7-3)14-12(15)11-17-19(14)8-4/h11,13,16H,5-10H2,1-4H3. The average Bonchev–Trinajstić information content (AvgIpc) is 2.79. The van der Waals surface area contributed by atoms with E-state index in [-0.39, 0.29) is 6.04 Å². The summed E-state index contributed by atoms with van der Waals surface area (Å²) in [5.41, 5.74) is 1.12. The van der Waals surface area contributed by atoms with Gasteiger partial charge in [0.2, 0.25) is 0 Å². The van der Waals surface area contributed by atoms with E-state index in [1.807, 2.05) is 4.68 Å². The lowest BCUT2D eigenvalue weighted by Gasteiger charge is -2.24. The fourth-order valence-corrected chi connectivity index (χ4v) is 2.68. The Kier molecular flexibility index (Phi) is 7.42. The predicted octanol–water partition coefficient (Wildman–Crippen LogP) is 2.94. The van der Waals surface area contributed by atoms with Crippen molar-refractivity contribution in [3.05, 3.63) is 16.9 Å². The van der Waals surface area contributed by atoms with Crippen LogP contribution in [0.3, 0.4) is 0 Å². The minimum atomic E-state index is 0.278. The van der Waals surface area contributed by atoms with Gasteiger partial charge in [-0.15, -0.1) is 0 Å². The molecule has 0 bridgehead atoms. The van der Waals surface area contributed by atoms with Gasteiger partial charge in [-0.1, -0.05) is 32.4 Å². The molecule has 0 saturated heterocycles. The highest BCUT2D eigenvalue weighted by Gasteiger charge is 2.19. The summed E-state index contributed by atoms with van der Waals surface area (Å²) in [5.74, 6) is 0. The van der Waals surface area contributed by atoms with Crippen molar-refractivity contribution in [3.8, 4) is 0 Å². The summed E-state index contributed by atoms with van der Waals surface area (Å²) in [7, 11) is 0. The molecule has 1 atom stereocenters. The highest BCUT2D eigenvalue weighted by Crippen LogP contribution is 2.25. The van der Waals surface area contributed by atoms with Crippen molar-refractivity contribution >= 4 is 11.6 Å². The molecule has 110 valence electrons. The molecular weight excluding hydrogens is 260 g/mol. The molecule has 1 N–H and O–H groups in total. The molecule has 0 amide bonds. The third-order valence-electron chi connectivity index (χ3n) is 3.54. The summed E-state index contributed by atoms with van der Waals surface area (Å²) in [6, 6.07) is 0.278. The van der Waals surface area contributed by atoms with Crippen LogP contribution in [-0.2, 0) is 6.54 Å². The van der Waals surface area contributed by atoms with E-state index in [2.05, 4.69) is 43.0 Å². The molecule has 0 saturated carbocycles. The average molecular weight is 287 g/mol. The lowest BCUT2D eigenvalue weighted by atomic mass is 10.1. The van der Waals surface area contributed by atoms with Crippen LogP contribution in [0.4, 0.5) is 0 Å². The van der Waals surface area contributed by atoms with Gasteiger partial charge in [0, 0.05) is 6.54 Å². The third-order valence-corrected chi connectivity index (χ3v) is 3.83. The number of aryl methyl sites for hydroxylation is 1. The first-order chi connectivity index (χ1) is 9.17. The van der Waals surface area contributed by atoms with Crippen LogP contribution in [0.25, 0.3) is 0 Å². The summed E-state index contributed by atoms with van der Waals surface area (Å²) in [4.78, 5) is 2.44. The Morgan fingerprint density at radius 1 is 1.32 bits per heavy atom. The smallest absolute Gasteiger partial charge is 0.0834 e. The molecule has 0 radical (unpaired) electrons. The van der Waals surface area contributed by atoms with Crippen LogP contribution in [-0.4, -0.2) is 40.9 Å². The van der Waals surface area contributed by atoms with Crippen molar-refractivity contribution in [2.24, 2.45) is 0 Å². The molecule has 19 heavy (non-hydrogen) atoms. The first-order valence-electron chi connectivity index (χ1n) is 7.34. The number of nitrogens with zero attached hydrogens (tertiary/aromatic N) is 3. The van der Waals surface area contributed by atoms with Crippen molar-refractivity contribution in [3.63, 3.8) is 0 Å². The summed E-state index contributed by atoms with van der Waals surface area (Å²) in [6.07, 6.45) is 2.81. The normalized spacial score (nSPS) is 13.2. The van der Waals surface area contributed by atoms with Crippen molar-refractivity contribution in [2.45, 2.75) is 46.7 Å². The molecule has 0 spiro atoms. The van der Waals surface area contributed by atoms with Gasteiger partial charge in [-0.05, 0) is 39.5 Å². The maximum absolute atomic E-state index is 6.30. The largest absolute Gasteiger partial charge is 0.309 e. The zero-order valence-corrected chi connectivity index (χ0v) is 13.4. The molecule has 4 nitrogen and oxygen atoms in total. The molecule has 1 heterocycles. The second-order valence-electron chi connectivity index (χ2n) is 4.62. The number of hydrogen-bond donors (Lipinski definition) is 1. The summed E-state index contributed by atoms with van der Waals surface area (Å²) >= 11 is 6.30. The summed E-state index contributed by atoms with van der Waals surface area (Å²) < 4.78 is 2.00. The monoisotopic (exact) mass is 286 g/mol. The van der Waals surface area contributed by atoms with Crippen molar-refractivity contribution in [1.82, 2.24) is 20.0 Å². The molecule has 0 aliphatic carbocycles. The van der Waals surface area contributed by atoms with Crippen molar-refractivity contribution in [1.29, 1.82) is 0 Å². The van der Waals surface area contributed by atoms with Gasteiger partial charge < -0.3 is 10.2 Å². The van der Waals surface area contributed by atoms with Crippen LogP contribution < -0.4 is 5.32 Å². The number of hydrogen-bond acceptors (Lipinski definition) is 3. The zero-order valence-electron chi connectivity index (χ0n) is 12.6. The maximum Gasteiger partial charge on any atom is 0.0834 e. The van der Waals surface area contributed by atoms with Gasteiger partial charge in [-0.2, -0.15) is 5.10 Å². The van der Waals surface area contributed by atoms with Crippen molar-refractivity contribution in [2.75, 3.05) is 26.2 Å². The minimum Gasteiger partial charge on any atom is -0.309 e. The van der Waals surface area contributed by atoms with Crippen LogP contribution in [0.1, 0.15) is 45.9 Å². The second kappa shape index (κ2) is 8.56. The lowest BCUT2D eigenvalue weighted by molar-refractivity contribution is 0.279. The number of aromatic nitrogens is 2. The first kappa shape index (κ1) is 16.5. The number of halogens is 1. The van der Waals surface area contributed by atoms with Crippen LogP contribution >= 0.6 is 11.6 Å². The highest BCUT2D eigenvalue weighted by molar-refractivity contribution is 6.31. The van der Waals surface area contributed by atoms with Crippen LogP contribution in [0, 0.1) is 0 Å². The molecule has 0 aliphatic rings. The Balaban J connectivity index is 2.78. The van der Waals surface area contributed by atoms with E-state index in [0.29, 0.717) is 0 Å². The second-order valence-corrected chi connectivity index (χ2v) is 5.03. The van der Waals surface area contributed by atoms with Gasteiger partial charge in [-0.3, -0.25) is 4.68 Å². The summed E-state index contributed by atoms with van der Waals surface area (Å²) in [5, 5.41) is 8.64. The van der Waals surface area contributed by atoms with Crippen LogP contribution in [0.2, 0.25) is 5.02 Å². The van der Waals surface area contributed by atoms with Gasteiger partial charge in [0.05, 0.1) is 23.0 Å². The SMILES string of the molecule is CCNC(CCN(CC)CC)c1c(Cl)cnn1CC. The molecule has 1 rings (SSSR count). The predicted molar refractivity (Wildman–Crippen MR) is 81.7 cm³/mol. The molecule has 0 fully saturated rings. The molecule has 0 aromatic carbocycles. The molecule has 1 aromatic heterocycles. The highest BCUT2D eigenvalue weighted by atomic mass is 35.5. The van der Waals surface area contributed by atoms with E-state index >= 15 is 0 Å². The molecule has 1 unspecified atom stereocenters. The number of rotatable bonds is 9. The Morgan fingerprint density at radius 2 is 2.00 bits per heavy atom. The van der Waals surface area contributed by atoms with Crippen LogP contribution in [0.5, 0.6) is 0 Å². The van der Waals surface area contributed by atoms with Gasteiger partial charge in [0.25, 0.3) is 0 Å². The lowest BCUT2D eigenvalue weighted by Crippen LogP contribution is -2.30. The Labute approximate surface area is 122 Å². The third kappa shape index (κ3) is 4.48. The Hall–Kier alpha value is -0.580. The van der Waals surface area contributed by atoms with E-state index in [0.717, 1.165) is 49.9 Å². The minimum absolute atomic E-state index is 0.278. The Morgan fingerprint density at radius 3 is 2.53 bits per heavy atom. The fourth-order valence-electron chi connectivity index (χ4n) is 2.40. The molecular formula is C14H27ClN4. The fraction of sp³-hybridized carbons (Fsp3) is 0.786. The van der Waals surface area contributed by atoms with Gasteiger partial charge in [-0.25, -0.2) is 0 Å². The molecule has 0 aliphatic heterocycles. The van der Waals surface area contributed by atoms with Crippen molar-refractivity contribution < 1.29 is 0 Å². The van der Waals surface area contributed by atoms with E-state index in [4.69, 9.17) is 11.6 Å². The van der Waals surface area contributed by atoms with Crippen LogP contribution in [0.15, 0.2) is 6.20 Å². The van der Waals surface area contributed by atoms with E-state index in [1.54, 1.807) is 6.20 Å². The Bertz CT molecular complexity index is 360. The molecule has 5 heteroatoms. The topological polar surface area (TPSA) is 33.1 Å². The van der Waals surface area contributed by atoms with E-state index < -0.39 is 0 Å². The number of nitrogens with one attached hydrogen (secondary N) is 1. The van der Waals surface area contributed by atoms with Gasteiger partial charge in [0.15, 0.2) is 0 Å². The maximum atomic E-state index is 6.30.